The summed E-state index contributed by atoms with van der Waals surface area (Å²) in [5, 5.41) is 0. The molecule has 0 fully saturated rings. The van der Waals surface area contributed by atoms with Crippen LogP contribution in [0.15, 0.2) is 43.0 Å². The first kappa shape index (κ1) is 11.6. The van der Waals surface area contributed by atoms with Gasteiger partial charge in [-0.2, -0.15) is 0 Å². The lowest BCUT2D eigenvalue weighted by Crippen LogP contribution is -2.20. The van der Waals surface area contributed by atoms with Gasteiger partial charge < -0.3 is 4.57 Å². The molecule has 1 heterocycles. The van der Waals surface area contributed by atoms with E-state index >= 15 is 0 Å². The van der Waals surface area contributed by atoms with Crippen molar-refractivity contribution >= 4 is 5.78 Å². The molecular weight excluding hydrogens is 212 g/mol. The number of imidazole rings is 1. The number of carbonyl (C=O) groups excluding carboxylic acids is 1. The predicted octanol–water partition coefficient (Wildman–Crippen LogP) is 3.10. The van der Waals surface area contributed by atoms with E-state index in [-0.39, 0.29) is 11.2 Å². The molecule has 3 nitrogen and oxygen atoms in total. The minimum atomic E-state index is -0.337. The Morgan fingerprint density at radius 3 is 2.29 bits per heavy atom. The highest BCUT2D eigenvalue weighted by atomic mass is 16.1. The Labute approximate surface area is 101 Å². The second-order valence-electron chi connectivity index (χ2n) is 5.10. The zero-order valence-corrected chi connectivity index (χ0v) is 10.3. The van der Waals surface area contributed by atoms with Crippen LogP contribution in [-0.4, -0.2) is 15.3 Å². The summed E-state index contributed by atoms with van der Waals surface area (Å²) in [6.07, 6.45) is 5.34. The number of benzene rings is 1. The average molecular weight is 228 g/mol. The fraction of sp³-hybridized carbons (Fsp3) is 0.286. The van der Waals surface area contributed by atoms with Gasteiger partial charge in [0, 0.05) is 29.1 Å². The molecule has 0 aliphatic heterocycles. The fourth-order valence-electron chi connectivity index (χ4n) is 1.63. The normalized spacial score (nSPS) is 11.5. The van der Waals surface area contributed by atoms with E-state index in [0.717, 1.165) is 11.3 Å². The molecule has 0 bridgehead atoms. The number of ketones is 1. The van der Waals surface area contributed by atoms with Crippen molar-refractivity contribution in [2.75, 3.05) is 0 Å². The van der Waals surface area contributed by atoms with Crippen LogP contribution in [0.2, 0.25) is 0 Å². The van der Waals surface area contributed by atoms with Crippen LogP contribution < -0.4 is 0 Å². The highest BCUT2D eigenvalue weighted by Gasteiger charge is 2.22. The molecule has 0 amide bonds. The number of nitrogens with zero attached hydrogens (tertiary/aromatic N) is 2. The van der Waals surface area contributed by atoms with Crippen molar-refractivity contribution in [3.05, 3.63) is 48.5 Å². The minimum Gasteiger partial charge on any atom is -0.306 e. The molecule has 0 unspecified atom stereocenters. The Morgan fingerprint density at radius 2 is 1.82 bits per heavy atom. The number of Topliss-reactive ketones (excluding diaryl/α,β-unsaturated/α-hetero) is 1. The minimum absolute atomic E-state index is 0.162. The molecule has 1 aromatic heterocycles. The maximum Gasteiger partial charge on any atom is 0.168 e. The summed E-state index contributed by atoms with van der Waals surface area (Å²) < 4.78 is 1.91. The highest BCUT2D eigenvalue weighted by molar-refractivity contribution is 5.99. The zero-order chi connectivity index (χ0) is 12.5. The second kappa shape index (κ2) is 4.17. The van der Waals surface area contributed by atoms with E-state index in [1.165, 1.54) is 0 Å². The third kappa shape index (κ3) is 2.44. The van der Waals surface area contributed by atoms with E-state index < -0.39 is 0 Å². The first-order valence-electron chi connectivity index (χ1n) is 5.62. The van der Waals surface area contributed by atoms with E-state index in [1.807, 2.05) is 55.8 Å². The van der Waals surface area contributed by atoms with Crippen LogP contribution in [0, 0.1) is 5.41 Å². The van der Waals surface area contributed by atoms with Crippen molar-refractivity contribution in [3.63, 3.8) is 0 Å². The molecule has 0 radical (unpaired) electrons. The quantitative estimate of drug-likeness (QED) is 0.740. The summed E-state index contributed by atoms with van der Waals surface area (Å²) in [4.78, 5) is 16.0. The number of aromatic nitrogens is 2. The maximum absolute atomic E-state index is 12.0. The van der Waals surface area contributed by atoms with Crippen LogP contribution in [0.4, 0.5) is 0 Å². The summed E-state index contributed by atoms with van der Waals surface area (Å²) in [7, 11) is 0. The molecule has 0 aliphatic rings. The molecule has 0 aliphatic carbocycles. The smallest absolute Gasteiger partial charge is 0.168 e. The molecule has 0 spiro atoms. The summed E-state index contributed by atoms with van der Waals surface area (Å²) in [6.45, 7) is 5.79. The lowest BCUT2D eigenvalue weighted by molar-refractivity contribution is 0.0858. The second-order valence-corrected chi connectivity index (χ2v) is 5.10. The monoisotopic (exact) mass is 228 g/mol. The SMILES string of the molecule is CC(C)(C)C(=O)c1ccc(-n2ccnc2)cc1. The van der Waals surface area contributed by atoms with E-state index in [2.05, 4.69) is 4.98 Å². The van der Waals surface area contributed by atoms with Gasteiger partial charge in [0.15, 0.2) is 5.78 Å². The molecule has 0 atom stereocenters. The third-order valence-electron chi connectivity index (χ3n) is 2.61. The first-order valence-corrected chi connectivity index (χ1v) is 5.62. The van der Waals surface area contributed by atoms with Crippen LogP contribution in [0.1, 0.15) is 31.1 Å². The van der Waals surface area contributed by atoms with Gasteiger partial charge in [-0.15, -0.1) is 0 Å². The van der Waals surface area contributed by atoms with Crippen molar-refractivity contribution < 1.29 is 4.79 Å². The maximum atomic E-state index is 12.0. The van der Waals surface area contributed by atoms with Gasteiger partial charge in [-0.25, -0.2) is 4.98 Å². The molecule has 0 N–H and O–H groups in total. The van der Waals surface area contributed by atoms with Gasteiger partial charge in [0.1, 0.15) is 0 Å². The summed E-state index contributed by atoms with van der Waals surface area (Å²) >= 11 is 0. The molecule has 1 aromatic carbocycles. The van der Waals surface area contributed by atoms with Crippen LogP contribution in [-0.2, 0) is 0 Å². The molecule has 0 saturated heterocycles. The third-order valence-corrected chi connectivity index (χ3v) is 2.61. The van der Waals surface area contributed by atoms with Crippen LogP contribution in [0.5, 0.6) is 0 Å². The summed E-state index contributed by atoms with van der Waals surface area (Å²) in [5.74, 6) is 0.162. The van der Waals surface area contributed by atoms with Gasteiger partial charge in [0.05, 0.1) is 6.33 Å². The van der Waals surface area contributed by atoms with Crippen molar-refractivity contribution in [2.45, 2.75) is 20.8 Å². The van der Waals surface area contributed by atoms with Crippen molar-refractivity contribution in [1.29, 1.82) is 0 Å². The molecule has 2 aromatic rings. The lowest BCUT2D eigenvalue weighted by Gasteiger charge is -2.16. The standard InChI is InChI=1S/C14H16N2O/c1-14(2,3)13(17)11-4-6-12(7-5-11)16-9-8-15-10-16/h4-10H,1-3H3. The Balaban J connectivity index is 2.28. The molecule has 88 valence electrons. The average Bonchev–Trinajstić information content (AvgIpc) is 2.80. The van der Waals surface area contributed by atoms with E-state index in [0.29, 0.717) is 0 Å². The van der Waals surface area contributed by atoms with Gasteiger partial charge in [-0.1, -0.05) is 20.8 Å². The van der Waals surface area contributed by atoms with Crippen LogP contribution in [0.25, 0.3) is 5.69 Å². The largest absolute Gasteiger partial charge is 0.306 e. The Bertz CT molecular complexity index is 504. The molecule has 17 heavy (non-hydrogen) atoms. The number of hydrogen-bond donors (Lipinski definition) is 0. The zero-order valence-electron chi connectivity index (χ0n) is 10.3. The number of hydrogen-bond acceptors (Lipinski definition) is 2. The van der Waals surface area contributed by atoms with Crippen molar-refractivity contribution in [1.82, 2.24) is 9.55 Å². The van der Waals surface area contributed by atoms with E-state index in [9.17, 15) is 4.79 Å². The van der Waals surface area contributed by atoms with Gasteiger partial charge in [-0.05, 0) is 24.3 Å². The predicted molar refractivity (Wildman–Crippen MR) is 67.3 cm³/mol. The van der Waals surface area contributed by atoms with Gasteiger partial charge in [0.25, 0.3) is 0 Å². The van der Waals surface area contributed by atoms with Crippen LogP contribution >= 0.6 is 0 Å². The van der Waals surface area contributed by atoms with E-state index in [4.69, 9.17) is 0 Å². The number of carbonyl (C=O) groups is 1. The molecule has 3 heteroatoms. The lowest BCUT2D eigenvalue weighted by atomic mass is 9.86. The molecule has 2 rings (SSSR count). The van der Waals surface area contributed by atoms with Crippen LogP contribution in [0.3, 0.4) is 0 Å². The summed E-state index contributed by atoms with van der Waals surface area (Å²) in [5.41, 5.74) is 1.42. The van der Waals surface area contributed by atoms with Gasteiger partial charge >= 0.3 is 0 Å². The topological polar surface area (TPSA) is 34.9 Å². The first-order chi connectivity index (χ1) is 7.98. The van der Waals surface area contributed by atoms with Gasteiger partial charge in [0.2, 0.25) is 0 Å². The van der Waals surface area contributed by atoms with E-state index in [1.54, 1.807) is 12.5 Å². The molecular formula is C14H16N2O. The fourth-order valence-corrected chi connectivity index (χ4v) is 1.63. The Morgan fingerprint density at radius 1 is 1.18 bits per heavy atom. The van der Waals surface area contributed by atoms with Crippen molar-refractivity contribution in [3.8, 4) is 5.69 Å². The molecule has 0 saturated carbocycles. The van der Waals surface area contributed by atoms with Gasteiger partial charge in [-0.3, -0.25) is 4.79 Å². The summed E-state index contributed by atoms with van der Waals surface area (Å²) in [6, 6.07) is 7.59. The highest BCUT2D eigenvalue weighted by Crippen LogP contribution is 2.21. The Hall–Kier alpha value is -1.90. The Kier molecular flexibility index (Phi) is 2.84. The number of rotatable bonds is 2. The van der Waals surface area contributed by atoms with Crippen molar-refractivity contribution in [2.24, 2.45) is 5.41 Å².